The summed E-state index contributed by atoms with van der Waals surface area (Å²) < 4.78 is 32.8. The van der Waals surface area contributed by atoms with Gasteiger partial charge in [-0.3, -0.25) is 19.9 Å². The van der Waals surface area contributed by atoms with E-state index >= 15 is 0 Å². The summed E-state index contributed by atoms with van der Waals surface area (Å²) in [5.74, 6) is 0. The number of benzene rings is 1. The summed E-state index contributed by atoms with van der Waals surface area (Å²) in [5, 5.41) is 10.8. The Hall–Kier alpha value is -2.28. The van der Waals surface area contributed by atoms with Gasteiger partial charge in [-0.2, -0.15) is 4.31 Å². The second kappa shape index (κ2) is 10.00. The van der Waals surface area contributed by atoms with Crippen molar-refractivity contribution in [1.29, 1.82) is 0 Å². The van der Waals surface area contributed by atoms with E-state index in [0.717, 1.165) is 25.9 Å². The molecule has 0 saturated carbocycles. The minimum absolute atomic E-state index is 0.0871. The van der Waals surface area contributed by atoms with E-state index in [2.05, 4.69) is 9.80 Å². The molecule has 194 valence electrons. The molecule has 11 nitrogen and oxygen atoms in total. The number of hydrogen-bond donors (Lipinski definition) is 0. The van der Waals surface area contributed by atoms with Gasteiger partial charge in [0, 0.05) is 76.6 Å². The largest absolute Gasteiger partial charge is 0.444 e. The van der Waals surface area contributed by atoms with Gasteiger partial charge >= 0.3 is 6.09 Å². The molecule has 1 amide bonds. The van der Waals surface area contributed by atoms with Gasteiger partial charge in [0.25, 0.3) is 5.69 Å². The van der Waals surface area contributed by atoms with Gasteiger partial charge in [0.2, 0.25) is 10.0 Å². The Kier molecular flexibility index (Phi) is 7.37. The molecule has 3 heterocycles. The van der Waals surface area contributed by atoms with Gasteiger partial charge in [-0.1, -0.05) is 0 Å². The van der Waals surface area contributed by atoms with Crippen molar-refractivity contribution in [2.75, 3.05) is 52.4 Å². The Morgan fingerprint density at radius 1 is 0.943 bits per heavy atom. The zero-order valence-electron chi connectivity index (χ0n) is 20.6. The van der Waals surface area contributed by atoms with E-state index in [9.17, 15) is 23.3 Å². The highest BCUT2D eigenvalue weighted by molar-refractivity contribution is 7.89. The number of piperazine rings is 1. The first-order chi connectivity index (χ1) is 16.4. The van der Waals surface area contributed by atoms with Crippen LogP contribution >= 0.6 is 0 Å². The molecule has 0 radical (unpaired) electrons. The summed E-state index contributed by atoms with van der Waals surface area (Å²) in [5.41, 5.74) is -0.608. The third-order valence-electron chi connectivity index (χ3n) is 7.00. The molecular formula is C23H35N5O6S. The predicted molar refractivity (Wildman–Crippen MR) is 130 cm³/mol. The summed E-state index contributed by atoms with van der Waals surface area (Å²) in [6.45, 7) is 11.1. The lowest BCUT2D eigenvalue weighted by Gasteiger charge is -2.52. The van der Waals surface area contributed by atoms with Crippen molar-refractivity contribution in [3.63, 3.8) is 0 Å². The zero-order chi connectivity index (χ0) is 25.4. The molecule has 1 aromatic rings. The molecule has 3 saturated heterocycles. The molecule has 0 aliphatic carbocycles. The molecule has 12 heteroatoms. The molecule has 0 aromatic heterocycles. The first-order valence-corrected chi connectivity index (χ1v) is 13.6. The lowest BCUT2D eigenvalue weighted by atomic mass is 9.96. The highest BCUT2D eigenvalue weighted by Gasteiger charge is 2.40. The van der Waals surface area contributed by atoms with E-state index in [1.54, 1.807) is 4.90 Å². The molecule has 1 aromatic carbocycles. The summed E-state index contributed by atoms with van der Waals surface area (Å²) in [7, 11) is -3.66. The lowest BCUT2D eigenvalue weighted by molar-refractivity contribution is -0.384. The van der Waals surface area contributed by atoms with E-state index < -0.39 is 20.5 Å². The van der Waals surface area contributed by atoms with Crippen molar-refractivity contribution in [2.24, 2.45) is 0 Å². The Morgan fingerprint density at radius 3 is 2.03 bits per heavy atom. The molecule has 0 bridgehead atoms. The highest BCUT2D eigenvalue weighted by atomic mass is 32.2. The predicted octanol–water partition coefficient (Wildman–Crippen LogP) is 1.98. The lowest BCUT2D eigenvalue weighted by Crippen LogP contribution is -2.66. The molecule has 0 spiro atoms. The number of nitrogens with zero attached hydrogens (tertiary/aromatic N) is 5. The Morgan fingerprint density at radius 2 is 1.51 bits per heavy atom. The smallest absolute Gasteiger partial charge is 0.410 e. The number of rotatable bonds is 5. The minimum atomic E-state index is -3.66. The first-order valence-electron chi connectivity index (χ1n) is 12.1. The van der Waals surface area contributed by atoms with Crippen LogP contribution in [0.1, 0.15) is 33.6 Å². The second-order valence-corrected chi connectivity index (χ2v) is 12.4. The molecular weight excluding hydrogens is 474 g/mol. The normalized spacial score (nSPS) is 22.1. The number of carbonyl (C=O) groups is 1. The van der Waals surface area contributed by atoms with Crippen LogP contribution in [0.4, 0.5) is 10.5 Å². The minimum Gasteiger partial charge on any atom is -0.444 e. The van der Waals surface area contributed by atoms with Crippen molar-refractivity contribution in [1.82, 2.24) is 19.0 Å². The number of hydrogen-bond acceptors (Lipinski definition) is 8. The van der Waals surface area contributed by atoms with E-state index in [1.165, 1.54) is 28.6 Å². The Bertz CT molecular complexity index is 1020. The average molecular weight is 510 g/mol. The average Bonchev–Trinajstić information content (AvgIpc) is 2.78. The molecule has 3 fully saturated rings. The summed E-state index contributed by atoms with van der Waals surface area (Å²) >= 11 is 0. The van der Waals surface area contributed by atoms with Crippen LogP contribution < -0.4 is 0 Å². The highest BCUT2D eigenvalue weighted by Crippen LogP contribution is 2.27. The third kappa shape index (κ3) is 5.93. The third-order valence-corrected chi connectivity index (χ3v) is 8.91. The maximum absolute atomic E-state index is 12.9. The fourth-order valence-electron chi connectivity index (χ4n) is 4.96. The van der Waals surface area contributed by atoms with Gasteiger partial charge in [0.05, 0.1) is 9.82 Å². The van der Waals surface area contributed by atoms with Gasteiger partial charge in [0.15, 0.2) is 0 Å². The Balaban J connectivity index is 1.21. The molecule has 0 N–H and O–H groups in total. The van der Waals surface area contributed by atoms with Gasteiger partial charge in [0.1, 0.15) is 5.60 Å². The molecule has 3 aliphatic rings. The summed E-state index contributed by atoms with van der Waals surface area (Å²) in [6, 6.07) is 5.95. The summed E-state index contributed by atoms with van der Waals surface area (Å²) in [4.78, 5) is 29.3. The molecule has 0 atom stereocenters. The number of amides is 1. The van der Waals surface area contributed by atoms with E-state index in [0.29, 0.717) is 51.4 Å². The Labute approximate surface area is 206 Å². The van der Waals surface area contributed by atoms with Gasteiger partial charge in [-0.15, -0.1) is 0 Å². The first kappa shape index (κ1) is 25.8. The van der Waals surface area contributed by atoms with Crippen molar-refractivity contribution >= 4 is 21.8 Å². The number of ether oxygens (including phenoxy) is 1. The zero-order valence-corrected chi connectivity index (χ0v) is 21.4. The van der Waals surface area contributed by atoms with Crippen LogP contribution in [0.3, 0.4) is 0 Å². The molecule has 4 rings (SSSR count). The number of sulfonamides is 1. The van der Waals surface area contributed by atoms with E-state index in [1.807, 2.05) is 20.8 Å². The van der Waals surface area contributed by atoms with E-state index in [-0.39, 0.29) is 16.7 Å². The number of nitro benzene ring substituents is 1. The molecule has 3 aliphatic heterocycles. The fraction of sp³-hybridized carbons (Fsp3) is 0.696. The van der Waals surface area contributed by atoms with Crippen LogP contribution in [-0.4, -0.2) is 108 Å². The van der Waals surface area contributed by atoms with Gasteiger partial charge in [-0.05, 0) is 45.7 Å². The topological polar surface area (TPSA) is 117 Å². The quantitative estimate of drug-likeness (QED) is 0.437. The standard InChI is InChI=1S/C23H35N5O6S/c1-23(2,3)34-22(29)25-10-8-18(9-11-25)26-16-20(17-26)24-12-14-27(15-13-24)35(32,33)21-6-4-19(5-7-21)28(30)31/h4-7,18,20H,8-17H2,1-3H3. The molecule has 0 unspecified atom stereocenters. The van der Waals surface area contributed by atoms with Crippen molar-refractivity contribution in [3.8, 4) is 0 Å². The number of carbonyl (C=O) groups excluding carboxylic acids is 1. The van der Waals surface area contributed by atoms with Crippen LogP contribution in [-0.2, 0) is 14.8 Å². The van der Waals surface area contributed by atoms with Gasteiger partial charge < -0.3 is 9.64 Å². The maximum Gasteiger partial charge on any atom is 0.410 e. The van der Waals surface area contributed by atoms with Crippen molar-refractivity contribution in [2.45, 2.75) is 56.2 Å². The number of piperidine rings is 1. The summed E-state index contributed by atoms with van der Waals surface area (Å²) in [6.07, 6.45) is 1.64. The van der Waals surface area contributed by atoms with Crippen molar-refractivity contribution in [3.05, 3.63) is 34.4 Å². The SMILES string of the molecule is CC(C)(C)OC(=O)N1CCC(N2CC(N3CCN(S(=O)(=O)c4ccc([N+](=O)[O-])cc4)CC3)C2)CC1. The fourth-order valence-corrected chi connectivity index (χ4v) is 6.38. The second-order valence-electron chi connectivity index (χ2n) is 10.5. The maximum atomic E-state index is 12.9. The molecule has 35 heavy (non-hydrogen) atoms. The van der Waals surface area contributed by atoms with E-state index in [4.69, 9.17) is 4.74 Å². The number of likely N-dealkylation sites (tertiary alicyclic amines) is 2. The van der Waals surface area contributed by atoms with Gasteiger partial charge in [-0.25, -0.2) is 13.2 Å². The number of nitro groups is 1. The van der Waals surface area contributed by atoms with Crippen LogP contribution in [0.2, 0.25) is 0 Å². The number of non-ortho nitro benzene ring substituents is 1. The monoisotopic (exact) mass is 509 g/mol. The van der Waals surface area contributed by atoms with Crippen LogP contribution in [0.15, 0.2) is 29.2 Å². The van der Waals surface area contributed by atoms with Crippen molar-refractivity contribution < 1.29 is 22.9 Å². The van der Waals surface area contributed by atoms with Crippen LogP contribution in [0, 0.1) is 10.1 Å². The van der Waals surface area contributed by atoms with Crippen LogP contribution in [0.25, 0.3) is 0 Å². The van der Waals surface area contributed by atoms with Crippen LogP contribution in [0.5, 0.6) is 0 Å².